The predicted molar refractivity (Wildman–Crippen MR) is 253 cm³/mol. The monoisotopic (exact) mass is 1170 g/mol. The first kappa shape index (κ1) is 68.9. The van der Waals surface area contributed by atoms with E-state index in [1.165, 1.54) is 0 Å². The molecule has 21 unspecified atom stereocenters. The van der Waals surface area contributed by atoms with E-state index < -0.39 is 211 Å². The zero-order valence-electron chi connectivity index (χ0n) is 43.7. The summed E-state index contributed by atoms with van der Waals surface area (Å²) in [5.74, 6) is -3.71. The Labute approximate surface area is 456 Å². The fourth-order valence-electron chi connectivity index (χ4n) is 8.60. The molecular weight excluding hydrogens is 1090 g/mol. The van der Waals surface area contributed by atoms with E-state index in [1.807, 2.05) is 0 Å². The van der Waals surface area contributed by atoms with Crippen molar-refractivity contribution in [3.63, 3.8) is 0 Å². The van der Waals surface area contributed by atoms with Crippen LogP contribution in [0.1, 0.15) is 38.5 Å². The number of aliphatic hydroxyl groups is 11. The number of hydroxylamine groups is 3. The van der Waals surface area contributed by atoms with Crippen molar-refractivity contribution in [2.75, 3.05) is 60.7 Å². The number of quaternary nitrogens is 1. The van der Waals surface area contributed by atoms with Crippen LogP contribution in [0.2, 0.25) is 0 Å². The smallest absolute Gasteiger partial charge is 0.303 e. The second-order valence-corrected chi connectivity index (χ2v) is 20.3. The molecule has 0 bridgehead atoms. The van der Waals surface area contributed by atoms with Crippen LogP contribution in [0.4, 0.5) is 0 Å². The lowest BCUT2D eigenvalue weighted by atomic mass is 9.95. The van der Waals surface area contributed by atoms with E-state index in [1.54, 1.807) is 21.1 Å². The SMILES string of the molecule is C[N+](C)(C)CC(O)COCC1OC(OC2C(CO)OC(OC3C(CO)OC(ON[C@H](C=O)CCC(=O)O)C(O)C3O)C(O)C2O)C(O)C(O)C1OC1OC(CON[C@H](C=O)CCC(=O)O)C(ON[C@H](C=O)CCC(=O)O)C(O)C1O. The molecule has 4 saturated heterocycles. The topological polar surface area (TPSA) is 523 Å². The molecule has 4 aliphatic rings. The number of nitrogens with zero attached hydrogens (tertiary/aromatic N) is 1. The van der Waals surface area contributed by atoms with E-state index >= 15 is 0 Å². The number of carbonyl (C=O) groups is 6. The van der Waals surface area contributed by atoms with Crippen LogP contribution in [0.15, 0.2) is 0 Å². The van der Waals surface area contributed by atoms with Gasteiger partial charge in [0.1, 0.15) is 129 Å². The number of nitrogens with one attached hydrogen (secondary N) is 3. The molecule has 0 aromatic rings. The van der Waals surface area contributed by atoms with Crippen molar-refractivity contribution >= 4 is 36.8 Å². The highest BCUT2D eigenvalue weighted by atomic mass is 16.8. The van der Waals surface area contributed by atoms with Crippen LogP contribution in [0, 0.1) is 0 Å². The van der Waals surface area contributed by atoms with Crippen LogP contribution in [0.25, 0.3) is 0 Å². The number of carboxylic acids is 3. The van der Waals surface area contributed by atoms with Crippen LogP contribution in [0.3, 0.4) is 0 Å². The molecule has 0 amide bonds. The van der Waals surface area contributed by atoms with E-state index in [4.69, 9.17) is 67.7 Å². The third-order valence-electron chi connectivity index (χ3n) is 12.8. The zero-order valence-corrected chi connectivity index (χ0v) is 43.7. The minimum atomic E-state index is -2.21. The summed E-state index contributed by atoms with van der Waals surface area (Å²) in [4.78, 5) is 84.1. The van der Waals surface area contributed by atoms with Crippen LogP contribution >= 0.6 is 0 Å². The molecule has 4 heterocycles. The van der Waals surface area contributed by atoms with Gasteiger partial charge in [0.2, 0.25) is 6.29 Å². The quantitative estimate of drug-likeness (QED) is 0.0157. The first-order valence-corrected chi connectivity index (χ1v) is 25.3. The van der Waals surface area contributed by atoms with Crippen molar-refractivity contribution in [2.45, 2.75) is 186 Å². The number of aliphatic hydroxyl groups excluding tert-OH is 11. The van der Waals surface area contributed by atoms with E-state index in [9.17, 15) is 84.9 Å². The lowest BCUT2D eigenvalue weighted by Gasteiger charge is -2.49. The van der Waals surface area contributed by atoms with Crippen LogP contribution in [-0.2, 0) is 81.2 Å². The molecule has 0 saturated carbocycles. The number of carboxylic acid groups (broad SMARTS) is 3. The van der Waals surface area contributed by atoms with Crippen molar-refractivity contribution in [1.29, 1.82) is 0 Å². The molecule has 0 aromatic carbocycles. The lowest BCUT2D eigenvalue weighted by molar-refractivity contribution is -0.873. The van der Waals surface area contributed by atoms with Crippen molar-refractivity contribution in [3.05, 3.63) is 0 Å². The Balaban J connectivity index is 1.54. The summed E-state index contributed by atoms with van der Waals surface area (Å²) < 4.78 is 46.8. The average molecular weight is 1170 g/mol. The third kappa shape index (κ3) is 20.3. The summed E-state index contributed by atoms with van der Waals surface area (Å²) in [6, 6.07) is -3.66. The maximum atomic E-state index is 11.7. The summed E-state index contributed by atoms with van der Waals surface area (Å²) in [6.07, 6.45) is -40.8. The Morgan fingerprint density at radius 2 is 0.850 bits per heavy atom. The fourth-order valence-corrected chi connectivity index (χ4v) is 8.60. The largest absolute Gasteiger partial charge is 0.481 e. The first-order chi connectivity index (χ1) is 37.8. The van der Waals surface area contributed by atoms with Gasteiger partial charge in [-0.2, -0.15) is 16.4 Å². The molecule has 0 aromatic heterocycles. The van der Waals surface area contributed by atoms with E-state index in [2.05, 4.69) is 16.4 Å². The lowest BCUT2D eigenvalue weighted by Crippen LogP contribution is -2.68. The van der Waals surface area contributed by atoms with Gasteiger partial charge in [-0.25, -0.2) is 0 Å². The normalized spacial score (nSPS) is 36.5. The highest BCUT2D eigenvalue weighted by Gasteiger charge is 2.56. The van der Waals surface area contributed by atoms with Crippen molar-refractivity contribution < 1.29 is 157 Å². The van der Waals surface area contributed by atoms with Gasteiger partial charge in [0.15, 0.2) is 18.9 Å². The van der Waals surface area contributed by atoms with Gasteiger partial charge in [0.25, 0.3) is 0 Å². The summed E-state index contributed by atoms with van der Waals surface area (Å²) >= 11 is 0. The Bertz CT molecular complexity index is 1910. The molecule has 462 valence electrons. The molecular formula is C45H77N4O31+. The van der Waals surface area contributed by atoms with Gasteiger partial charge in [-0.05, 0) is 19.3 Å². The maximum Gasteiger partial charge on any atom is 0.303 e. The summed E-state index contributed by atoms with van der Waals surface area (Å²) in [5.41, 5.74) is 6.81. The molecule has 4 fully saturated rings. The van der Waals surface area contributed by atoms with E-state index in [0.29, 0.717) is 18.9 Å². The van der Waals surface area contributed by atoms with Crippen molar-refractivity contribution in [3.8, 4) is 0 Å². The predicted octanol–water partition coefficient (Wildman–Crippen LogP) is -9.77. The number of carbonyl (C=O) groups excluding carboxylic acids is 3. The second kappa shape index (κ2) is 33.0. The first-order valence-electron chi connectivity index (χ1n) is 25.3. The van der Waals surface area contributed by atoms with E-state index in [0.717, 1.165) is 0 Å². The van der Waals surface area contributed by atoms with Crippen molar-refractivity contribution in [1.82, 2.24) is 16.4 Å². The number of ether oxygens (including phenoxy) is 8. The van der Waals surface area contributed by atoms with Gasteiger partial charge in [-0.1, -0.05) is 0 Å². The second-order valence-electron chi connectivity index (χ2n) is 20.3. The van der Waals surface area contributed by atoms with Gasteiger partial charge in [0.05, 0.1) is 72.3 Å². The Hall–Kier alpha value is -3.62. The molecule has 35 nitrogen and oxygen atoms in total. The van der Waals surface area contributed by atoms with Crippen LogP contribution in [-0.4, -0.2) is 321 Å². The summed E-state index contributed by atoms with van der Waals surface area (Å²) in [6.45, 7) is -3.48. The van der Waals surface area contributed by atoms with Gasteiger partial charge >= 0.3 is 17.9 Å². The van der Waals surface area contributed by atoms with Gasteiger partial charge in [-0.15, -0.1) is 0 Å². The minimum absolute atomic E-state index is 0.172. The van der Waals surface area contributed by atoms with Crippen molar-refractivity contribution in [2.24, 2.45) is 0 Å². The van der Waals surface area contributed by atoms with Gasteiger partial charge in [-0.3, -0.25) is 28.9 Å². The highest BCUT2D eigenvalue weighted by Crippen LogP contribution is 2.35. The number of aliphatic carboxylic acids is 3. The minimum Gasteiger partial charge on any atom is -0.481 e. The Morgan fingerprint density at radius 3 is 1.25 bits per heavy atom. The standard InChI is InChI=1S/C45H76N4O31/c1-49(2,3)10-22(55)16-70-17-25-40(78-44-36(68)33(65)41(79-47-20(12-51)5-8-28(58)59)26(75-44)18-71-46-19(11-50)4-7-27(56)57)31(63)35(67)43(74-25)77-38-23(14-53)72-42(34(66)30(38)62)76-39-24(15-54)73-45(37(69)32(39)64)80-48-21(13-52)6-9-29(60)61/h11-13,19-26,30-48,53-55,62-69H,4-10,14-18H2,1-3H3,(H2-,56,57,58,59,60,61)/p+1/t19-,20-,21-,22?,23?,24?,25?,26?,30?,31?,32?,33?,34?,35?,36?,37?,38?,39?,40?,41?,42?,43?,44?,45?/m0/s1. The Morgan fingerprint density at radius 1 is 0.500 bits per heavy atom. The molecule has 24 atom stereocenters. The summed E-state index contributed by atoms with van der Waals surface area (Å²) in [5, 5.41) is 149. The molecule has 0 aliphatic carbocycles. The number of hydrogen-bond donors (Lipinski definition) is 17. The molecule has 0 radical (unpaired) electrons. The summed E-state index contributed by atoms with van der Waals surface area (Å²) in [7, 11) is 5.35. The molecule has 35 heteroatoms. The fraction of sp³-hybridized carbons (Fsp3) is 0.867. The van der Waals surface area contributed by atoms with E-state index in [-0.39, 0.29) is 36.9 Å². The Kier molecular flexibility index (Phi) is 28.4. The zero-order chi connectivity index (χ0) is 59.6. The van der Waals surface area contributed by atoms with Gasteiger partial charge < -0.3 is 128 Å². The highest BCUT2D eigenvalue weighted by molar-refractivity contribution is 5.69. The van der Waals surface area contributed by atoms with Crippen LogP contribution < -0.4 is 16.4 Å². The number of aldehydes is 3. The average Bonchev–Trinajstić information content (AvgIpc) is 3.40. The molecule has 4 aliphatic heterocycles. The molecule has 4 rings (SSSR count). The third-order valence-corrected chi connectivity index (χ3v) is 12.8. The number of hydrogen-bond acceptors (Lipinski definition) is 31. The maximum absolute atomic E-state index is 11.7. The van der Waals surface area contributed by atoms with Gasteiger partial charge in [0, 0.05) is 19.3 Å². The molecule has 17 N–H and O–H groups in total. The number of rotatable bonds is 36. The molecule has 0 spiro atoms. The van der Waals surface area contributed by atoms with Crippen LogP contribution in [0.5, 0.6) is 0 Å². The molecule has 80 heavy (non-hydrogen) atoms. The number of likely N-dealkylation sites (N-methyl/N-ethyl adjacent to an activating group) is 1.